The average molecular weight is 569 g/mol. The molecule has 0 unspecified atom stereocenters. The van der Waals surface area contributed by atoms with Crippen LogP contribution in [0.4, 0.5) is 0 Å². The number of halogens is 2. The minimum atomic E-state index is -1.01. The first-order valence-electron chi connectivity index (χ1n) is 11.0. The van der Waals surface area contributed by atoms with Crippen molar-refractivity contribution in [1.29, 1.82) is 0 Å². The quantitative estimate of drug-likeness (QED) is 0.216. The van der Waals surface area contributed by atoms with Crippen LogP contribution < -0.4 is 0 Å². The maximum Gasteiger partial charge on any atom is 0.329 e. The van der Waals surface area contributed by atoms with E-state index in [1.807, 2.05) is 32.9 Å². The number of fused-ring (bicyclic) bond motifs is 5. The van der Waals surface area contributed by atoms with E-state index in [4.69, 9.17) is 4.74 Å². The van der Waals surface area contributed by atoms with Crippen LogP contribution in [-0.2, 0) is 19.1 Å². The van der Waals surface area contributed by atoms with Crippen LogP contribution in [0.1, 0.15) is 42.6 Å². The molecule has 32 heavy (non-hydrogen) atoms. The second-order valence-corrected chi connectivity index (χ2v) is 11.7. The van der Waals surface area contributed by atoms with E-state index in [1.165, 1.54) is 0 Å². The van der Waals surface area contributed by atoms with Gasteiger partial charge in [-0.3, -0.25) is 19.3 Å². The number of ketones is 1. The number of carbonyl (C=O) groups is 4. The maximum atomic E-state index is 13.4. The lowest BCUT2D eigenvalue weighted by molar-refractivity contribution is -0.159. The van der Waals surface area contributed by atoms with E-state index in [1.54, 1.807) is 12.1 Å². The Balaban J connectivity index is 1.50. The molecule has 172 valence electrons. The van der Waals surface area contributed by atoms with Crippen LogP contribution in [0.25, 0.3) is 0 Å². The van der Waals surface area contributed by atoms with Gasteiger partial charge < -0.3 is 4.74 Å². The molecule has 4 rings (SSSR count). The molecule has 2 bridgehead atoms. The summed E-state index contributed by atoms with van der Waals surface area (Å²) >= 11 is 7.36. The van der Waals surface area contributed by atoms with E-state index in [0.29, 0.717) is 12.0 Å². The van der Waals surface area contributed by atoms with Crippen molar-refractivity contribution in [3.05, 3.63) is 35.4 Å². The van der Waals surface area contributed by atoms with E-state index in [2.05, 4.69) is 31.9 Å². The zero-order valence-electron chi connectivity index (χ0n) is 18.3. The Bertz CT molecular complexity index is 914. The molecular formula is C24H27Br2NO5. The minimum Gasteiger partial charge on any atom is -0.456 e. The number of nitrogens with zero attached hydrogens (tertiary/aromatic N) is 1. The minimum absolute atomic E-state index is 0.0611. The standard InChI is InChI=1S/C24H27Br2NO5/c1-11(2)8-16(24(31)32-10-17(28)13-6-4-12(3)5-7-13)27-22(29)18-14-9-15(19(18)23(27)30)21(26)20(14)25/h4-7,11,14-16,18-21H,8-10H2,1-3H3/t14-,15-,16+,18-,19-,20-,21+/m0/s1. The number of amides is 2. The summed E-state index contributed by atoms with van der Waals surface area (Å²) < 4.78 is 5.34. The van der Waals surface area contributed by atoms with Gasteiger partial charge in [0.25, 0.3) is 0 Å². The van der Waals surface area contributed by atoms with Crippen LogP contribution in [0.3, 0.4) is 0 Å². The third-order valence-corrected chi connectivity index (χ3v) is 10.2. The molecule has 7 atom stereocenters. The average Bonchev–Trinajstić information content (AvgIpc) is 3.35. The summed E-state index contributed by atoms with van der Waals surface area (Å²) in [6, 6.07) is 6.01. The number of hydrogen-bond acceptors (Lipinski definition) is 5. The molecule has 1 aromatic rings. The summed E-state index contributed by atoms with van der Waals surface area (Å²) in [6.45, 7) is 5.36. The summed E-state index contributed by atoms with van der Waals surface area (Å²) in [5, 5.41) is 0. The lowest BCUT2D eigenvalue weighted by Crippen LogP contribution is -2.48. The first kappa shape index (κ1) is 23.6. The van der Waals surface area contributed by atoms with Gasteiger partial charge in [0, 0.05) is 15.2 Å². The van der Waals surface area contributed by atoms with Crippen LogP contribution in [0.5, 0.6) is 0 Å². The zero-order chi connectivity index (χ0) is 23.3. The summed E-state index contributed by atoms with van der Waals surface area (Å²) in [4.78, 5) is 53.6. The van der Waals surface area contributed by atoms with Gasteiger partial charge >= 0.3 is 5.97 Å². The molecule has 3 aliphatic rings. The Morgan fingerprint density at radius 3 is 2.06 bits per heavy atom. The van der Waals surface area contributed by atoms with Crippen molar-refractivity contribution < 1.29 is 23.9 Å². The summed E-state index contributed by atoms with van der Waals surface area (Å²) in [7, 11) is 0. The van der Waals surface area contributed by atoms with Crippen molar-refractivity contribution in [1.82, 2.24) is 4.90 Å². The Kier molecular flexibility index (Phi) is 6.65. The first-order valence-corrected chi connectivity index (χ1v) is 12.9. The summed E-state index contributed by atoms with van der Waals surface area (Å²) in [6.07, 6.45) is 1.14. The topological polar surface area (TPSA) is 80.8 Å². The molecule has 1 heterocycles. The van der Waals surface area contributed by atoms with Crippen molar-refractivity contribution in [2.24, 2.45) is 29.6 Å². The first-order chi connectivity index (χ1) is 15.1. The fourth-order valence-corrected chi connectivity index (χ4v) is 7.36. The lowest BCUT2D eigenvalue weighted by atomic mass is 9.81. The van der Waals surface area contributed by atoms with Crippen molar-refractivity contribution in [2.75, 3.05) is 6.61 Å². The van der Waals surface area contributed by atoms with Crippen LogP contribution >= 0.6 is 31.9 Å². The predicted octanol–water partition coefficient (Wildman–Crippen LogP) is 3.91. The van der Waals surface area contributed by atoms with Crippen LogP contribution in [0.15, 0.2) is 24.3 Å². The van der Waals surface area contributed by atoms with Crippen molar-refractivity contribution >= 4 is 55.4 Å². The summed E-state index contributed by atoms with van der Waals surface area (Å²) in [5.74, 6) is -2.12. The monoisotopic (exact) mass is 567 g/mol. The van der Waals surface area contributed by atoms with Crippen molar-refractivity contribution in [3.8, 4) is 0 Å². The third kappa shape index (κ3) is 3.98. The third-order valence-electron chi connectivity index (χ3n) is 7.02. The van der Waals surface area contributed by atoms with E-state index in [9.17, 15) is 19.2 Å². The number of likely N-dealkylation sites (tertiary alicyclic amines) is 1. The number of Topliss-reactive ketones (excluding diaryl/α,β-unsaturated/α-hetero) is 1. The molecule has 0 N–H and O–H groups in total. The highest BCUT2D eigenvalue weighted by molar-refractivity contribution is 9.12. The number of rotatable bonds is 7. The number of aryl methyl sites for hydroxylation is 1. The van der Waals surface area contributed by atoms with Gasteiger partial charge in [-0.1, -0.05) is 75.5 Å². The second kappa shape index (κ2) is 9.01. The van der Waals surface area contributed by atoms with Crippen LogP contribution in [0.2, 0.25) is 0 Å². The van der Waals surface area contributed by atoms with E-state index >= 15 is 0 Å². The molecule has 8 heteroatoms. The molecule has 2 saturated carbocycles. The number of hydrogen-bond donors (Lipinski definition) is 0. The normalized spacial score (nSPS) is 31.9. The van der Waals surface area contributed by atoms with Gasteiger partial charge in [0.15, 0.2) is 12.4 Å². The predicted molar refractivity (Wildman–Crippen MR) is 126 cm³/mol. The number of alkyl halides is 2. The maximum absolute atomic E-state index is 13.4. The Hall–Kier alpha value is -1.54. The van der Waals surface area contributed by atoms with E-state index < -0.39 is 18.6 Å². The lowest BCUT2D eigenvalue weighted by Gasteiger charge is -2.28. The molecule has 0 radical (unpaired) electrons. The molecule has 6 nitrogen and oxygen atoms in total. The number of esters is 1. The van der Waals surface area contributed by atoms with Gasteiger partial charge in [-0.2, -0.15) is 0 Å². The molecular weight excluding hydrogens is 542 g/mol. The molecule has 0 spiro atoms. The van der Waals surface area contributed by atoms with Gasteiger partial charge in [-0.05, 0) is 37.5 Å². The Morgan fingerprint density at radius 2 is 1.56 bits per heavy atom. The Morgan fingerprint density at radius 1 is 1.03 bits per heavy atom. The van der Waals surface area contributed by atoms with E-state index in [-0.39, 0.29) is 56.8 Å². The SMILES string of the molecule is Cc1ccc(C(=O)COC(=O)[C@@H](CC(C)C)N2C(=O)[C@H]3[C@@H]4C[C@H]([C@@H](Br)[C@H]4Br)[C@@H]3C2=O)cc1. The van der Waals surface area contributed by atoms with Gasteiger partial charge in [-0.25, -0.2) is 4.79 Å². The van der Waals surface area contributed by atoms with Gasteiger partial charge in [0.2, 0.25) is 11.8 Å². The van der Waals surface area contributed by atoms with Gasteiger partial charge in [0.05, 0.1) is 11.8 Å². The molecule has 2 aliphatic carbocycles. The molecule has 1 aliphatic heterocycles. The zero-order valence-corrected chi connectivity index (χ0v) is 21.5. The second-order valence-electron chi connectivity index (χ2n) is 9.59. The fourth-order valence-electron chi connectivity index (χ4n) is 5.49. The molecule has 2 amide bonds. The van der Waals surface area contributed by atoms with Crippen molar-refractivity contribution in [2.45, 2.75) is 49.3 Å². The van der Waals surface area contributed by atoms with Crippen LogP contribution in [0, 0.1) is 36.5 Å². The smallest absolute Gasteiger partial charge is 0.329 e. The van der Waals surface area contributed by atoms with Gasteiger partial charge in [0.1, 0.15) is 6.04 Å². The number of benzene rings is 1. The van der Waals surface area contributed by atoms with Crippen LogP contribution in [-0.4, -0.2) is 50.8 Å². The highest BCUT2D eigenvalue weighted by Crippen LogP contribution is 2.60. The Labute approximate surface area is 204 Å². The van der Waals surface area contributed by atoms with Crippen molar-refractivity contribution in [3.63, 3.8) is 0 Å². The highest BCUT2D eigenvalue weighted by Gasteiger charge is 2.67. The summed E-state index contributed by atoms with van der Waals surface area (Å²) in [5.41, 5.74) is 1.48. The van der Waals surface area contributed by atoms with Gasteiger partial charge in [-0.15, -0.1) is 0 Å². The molecule has 0 aromatic heterocycles. The highest BCUT2D eigenvalue weighted by atomic mass is 79.9. The largest absolute Gasteiger partial charge is 0.456 e. The number of carbonyl (C=O) groups excluding carboxylic acids is 4. The number of imide groups is 1. The number of ether oxygens (including phenoxy) is 1. The molecule has 1 aromatic carbocycles. The molecule has 1 saturated heterocycles. The van der Waals surface area contributed by atoms with E-state index in [0.717, 1.165) is 16.9 Å². The molecule has 3 fully saturated rings. The fraction of sp³-hybridized carbons (Fsp3) is 0.583.